The van der Waals surface area contributed by atoms with E-state index in [-0.39, 0.29) is 11.7 Å². The number of nitrogens with zero attached hydrogens (tertiary/aromatic N) is 1. The number of aromatic amines is 1. The van der Waals surface area contributed by atoms with Gasteiger partial charge in [0.25, 0.3) is 5.91 Å². The number of imidazole rings is 1. The quantitative estimate of drug-likeness (QED) is 0.623. The van der Waals surface area contributed by atoms with Crippen molar-refractivity contribution in [2.45, 2.75) is 19.8 Å². The smallest absolute Gasteiger partial charge is 0.252 e. The molecule has 0 radical (unpaired) electrons. The summed E-state index contributed by atoms with van der Waals surface area (Å²) >= 11 is 0. The zero-order valence-electron chi connectivity index (χ0n) is 11.3. The van der Waals surface area contributed by atoms with E-state index >= 15 is 0 Å². The van der Waals surface area contributed by atoms with Gasteiger partial charge in [-0.3, -0.25) is 9.59 Å². The molecular formula is C15H17N3O2. The van der Waals surface area contributed by atoms with Crippen LogP contribution in [0.25, 0.3) is 0 Å². The van der Waals surface area contributed by atoms with Crippen molar-refractivity contribution >= 4 is 11.7 Å². The maximum Gasteiger partial charge on any atom is 0.252 e. The van der Waals surface area contributed by atoms with Gasteiger partial charge in [-0.1, -0.05) is 18.2 Å². The molecule has 0 saturated carbocycles. The van der Waals surface area contributed by atoms with Crippen molar-refractivity contribution in [2.75, 3.05) is 6.54 Å². The number of rotatable bonds is 6. The summed E-state index contributed by atoms with van der Waals surface area (Å²) in [6, 6.07) is 6.84. The number of carbonyl (C=O) groups excluding carboxylic acids is 2. The number of carbonyl (C=O) groups is 2. The molecule has 0 unspecified atom stereocenters. The highest BCUT2D eigenvalue weighted by molar-refractivity contribution is 6.07. The minimum absolute atomic E-state index is 0.105. The fourth-order valence-corrected chi connectivity index (χ4v) is 1.98. The number of hydrogen-bond donors (Lipinski definition) is 2. The molecule has 0 aliphatic carbocycles. The van der Waals surface area contributed by atoms with Crippen LogP contribution in [0.1, 0.15) is 39.9 Å². The molecule has 5 nitrogen and oxygen atoms in total. The minimum Gasteiger partial charge on any atom is -0.352 e. The zero-order chi connectivity index (χ0) is 14.4. The topological polar surface area (TPSA) is 74.8 Å². The van der Waals surface area contributed by atoms with Crippen LogP contribution in [-0.4, -0.2) is 28.2 Å². The van der Waals surface area contributed by atoms with Crippen LogP contribution < -0.4 is 5.32 Å². The second kappa shape index (κ2) is 6.65. The third-order valence-corrected chi connectivity index (χ3v) is 2.98. The molecule has 0 spiro atoms. The molecule has 0 saturated heterocycles. The van der Waals surface area contributed by atoms with Crippen LogP contribution in [-0.2, 0) is 6.42 Å². The molecule has 2 rings (SSSR count). The zero-order valence-corrected chi connectivity index (χ0v) is 11.3. The third-order valence-electron chi connectivity index (χ3n) is 2.98. The molecule has 1 heterocycles. The van der Waals surface area contributed by atoms with Gasteiger partial charge < -0.3 is 10.3 Å². The van der Waals surface area contributed by atoms with Gasteiger partial charge >= 0.3 is 0 Å². The highest BCUT2D eigenvalue weighted by Gasteiger charge is 2.12. The number of Topliss-reactive ketones (excluding diaryl/α,β-unsaturated/α-hetero) is 1. The summed E-state index contributed by atoms with van der Waals surface area (Å²) in [5, 5.41) is 2.82. The van der Waals surface area contributed by atoms with Crippen molar-refractivity contribution in [3.8, 4) is 0 Å². The van der Waals surface area contributed by atoms with Crippen molar-refractivity contribution < 1.29 is 9.59 Å². The molecule has 0 bridgehead atoms. The Hall–Kier alpha value is -2.43. The average molecular weight is 271 g/mol. The fourth-order valence-electron chi connectivity index (χ4n) is 1.98. The van der Waals surface area contributed by atoms with Gasteiger partial charge in [0.2, 0.25) is 0 Å². The average Bonchev–Trinajstić information content (AvgIpc) is 2.96. The number of amides is 1. The first-order chi connectivity index (χ1) is 9.68. The summed E-state index contributed by atoms with van der Waals surface area (Å²) < 4.78 is 0. The van der Waals surface area contributed by atoms with Crippen molar-refractivity contribution in [1.29, 1.82) is 0 Å². The third kappa shape index (κ3) is 3.54. The standard InChI is InChI=1S/C15H17N3O2/c1-11(19)12-5-2-3-6-13(12)15(20)18-8-4-7-14-16-9-10-17-14/h2-3,5-6,9-10H,4,7-8H2,1H3,(H,16,17)(H,18,20). The van der Waals surface area contributed by atoms with Gasteiger partial charge in [0.1, 0.15) is 5.82 Å². The predicted octanol–water partition coefficient (Wildman–Crippen LogP) is 1.97. The Bertz CT molecular complexity index is 591. The van der Waals surface area contributed by atoms with E-state index in [1.54, 1.807) is 36.7 Å². The Balaban J connectivity index is 1.87. The molecule has 1 aromatic carbocycles. The Kier molecular flexibility index (Phi) is 4.65. The Labute approximate surface area is 117 Å². The van der Waals surface area contributed by atoms with Crippen LogP contribution >= 0.6 is 0 Å². The summed E-state index contributed by atoms with van der Waals surface area (Å²) in [5.41, 5.74) is 0.883. The van der Waals surface area contributed by atoms with Gasteiger partial charge in [0.15, 0.2) is 5.78 Å². The van der Waals surface area contributed by atoms with Crippen LogP contribution in [0.2, 0.25) is 0 Å². The molecule has 20 heavy (non-hydrogen) atoms. The molecular weight excluding hydrogens is 254 g/mol. The molecule has 5 heteroatoms. The van der Waals surface area contributed by atoms with E-state index in [4.69, 9.17) is 0 Å². The first kappa shape index (κ1) is 14.0. The van der Waals surface area contributed by atoms with Gasteiger partial charge in [-0.25, -0.2) is 4.98 Å². The minimum atomic E-state index is -0.213. The molecule has 2 aromatic rings. The SMILES string of the molecule is CC(=O)c1ccccc1C(=O)NCCCc1ncc[nH]1. The van der Waals surface area contributed by atoms with Crippen LogP contribution in [0.3, 0.4) is 0 Å². The van der Waals surface area contributed by atoms with E-state index in [0.29, 0.717) is 17.7 Å². The largest absolute Gasteiger partial charge is 0.352 e. The predicted molar refractivity (Wildman–Crippen MR) is 75.7 cm³/mol. The van der Waals surface area contributed by atoms with Crippen LogP contribution in [0.5, 0.6) is 0 Å². The maximum atomic E-state index is 12.0. The van der Waals surface area contributed by atoms with E-state index in [9.17, 15) is 9.59 Å². The molecule has 0 atom stereocenters. The molecule has 1 aromatic heterocycles. The number of aromatic nitrogens is 2. The fraction of sp³-hybridized carbons (Fsp3) is 0.267. The number of benzene rings is 1. The first-order valence-corrected chi connectivity index (χ1v) is 6.55. The number of H-pyrrole nitrogens is 1. The second-order valence-corrected chi connectivity index (χ2v) is 4.50. The van der Waals surface area contributed by atoms with E-state index < -0.39 is 0 Å². The lowest BCUT2D eigenvalue weighted by molar-refractivity contribution is 0.0938. The second-order valence-electron chi connectivity index (χ2n) is 4.50. The van der Waals surface area contributed by atoms with Crippen LogP contribution in [0.15, 0.2) is 36.7 Å². The lowest BCUT2D eigenvalue weighted by atomic mass is 10.0. The van der Waals surface area contributed by atoms with Crippen LogP contribution in [0.4, 0.5) is 0 Å². The number of nitrogens with one attached hydrogen (secondary N) is 2. The number of ketones is 1. The van der Waals surface area contributed by atoms with Crippen LogP contribution in [0, 0.1) is 0 Å². The normalized spacial score (nSPS) is 10.2. The van der Waals surface area contributed by atoms with Gasteiger partial charge in [-0.2, -0.15) is 0 Å². The molecule has 1 amide bonds. The van der Waals surface area contributed by atoms with Gasteiger partial charge in [-0.15, -0.1) is 0 Å². The van der Waals surface area contributed by atoms with E-state index in [1.165, 1.54) is 6.92 Å². The highest BCUT2D eigenvalue weighted by Crippen LogP contribution is 2.09. The molecule has 2 N–H and O–H groups in total. The number of hydrogen-bond acceptors (Lipinski definition) is 3. The van der Waals surface area contributed by atoms with Gasteiger partial charge in [0.05, 0.1) is 5.56 Å². The van der Waals surface area contributed by atoms with Gasteiger partial charge in [-0.05, 0) is 19.4 Å². The van der Waals surface area contributed by atoms with Crippen molar-refractivity contribution in [2.24, 2.45) is 0 Å². The summed E-state index contributed by atoms with van der Waals surface area (Å²) in [4.78, 5) is 30.6. The maximum absolute atomic E-state index is 12.0. The Morgan fingerprint density at radius 2 is 2.00 bits per heavy atom. The number of aryl methyl sites for hydroxylation is 1. The van der Waals surface area contributed by atoms with E-state index in [0.717, 1.165) is 18.7 Å². The molecule has 0 aliphatic heterocycles. The van der Waals surface area contributed by atoms with E-state index in [2.05, 4.69) is 15.3 Å². The summed E-state index contributed by atoms with van der Waals surface area (Å²) in [5.74, 6) is 0.588. The first-order valence-electron chi connectivity index (χ1n) is 6.55. The Morgan fingerprint density at radius 3 is 2.65 bits per heavy atom. The highest BCUT2D eigenvalue weighted by atomic mass is 16.2. The monoisotopic (exact) mass is 271 g/mol. The van der Waals surface area contributed by atoms with Crippen molar-refractivity contribution in [1.82, 2.24) is 15.3 Å². The Morgan fingerprint density at radius 1 is 1.25 bits per heavy atom. The summed E-state index contributed by atoms with van der Waals surface area (Å²) in [7, 11) is 0. The van der Waals surface area contributed by atoms with E-state index in [1.807, 2.05) is 0 Å². The summed E-state index contributed by atoms with van der Waals surface area (Å²) in [6.45, 7) is 2.01. The summed E-state index contributed by atoms with van der Waals surface area (Å²) in [6.07, 6.45) is 5.05. The molecule has 0 aliphatic rings. The van der Waals surface area contributed by atoms with Crippen molar-refractivity contribution in [3.63, 3.8) is 0 Å². The van der Waals surface area contributed by atoms with Crippen molar-refractivity contribution in [3.05, 3.63) is 53.6 Å². The van der Waals surface area contributed by atoms with Gasteiger partial charge in [0, 0.05) is 30.9 Å². The molecule has 0 fully saturated rings. The lowest BCUT2D eigenvalue weighted by Crippen LogP contribution is -2.26. The molecule has 104 valence electrons. The lowest BCUT2D eigenvalue weighted by Gasteiger charge is -2.07.